The molecule has 2 heterocycles. The average molecular weight is 420 g/mol. The SMILES string of the molecule is C=CCn1c(SCC(=O)N(C)Cc2ccc(Cl)s2)nc2ccccc2c1=O. The molecule has 0 aliphatic heterocycles. The van der Waals surface area contributed by atoms with Gasteiger partial charge in [-0.3, -0.25) is 14.2 Å². The zero-order valence-corrected chi connectivity index (χ0v) is 17.1. The van der Waals surface area contributed by atoms with Crippen LogP contribution in [0.15, 0.2) is 59.0 Å². The molecule has 1 amide bonds. The van der Waals surface area contributed by atoms with Crippen molar-refractivity contribution in [1.82, 2.24) is 14.5 Å². The molecule has 140 valence electrons. The maximum atomic E-state index is 12.7. The molecule has 3 aromatic rings. The molecule has 1 aromatic carbocycles. The number of thiophene rings is 1. The lowest BCUT2D eigenvalue weighted by Crippen LogP contribution is -2.28. The zero-order chi connectivity index (χ0) is 19.4. The third-order valence-electron chi connectivity index (χ3n) is 3.91. The van der Waals surface area contributed by atoms with E-state index in [1.807, 2.05) is 24.3 Å². The van der Waals surface area contributed by atoms with Gasteiger partial charge in [0.1, 0.15) is 0 Å². The molecule has 2 aromatic heterocycles. The summed E-state index contributed by atoms with van der Waals surface area (Å²) < 4.78 is 2.25. The maximum absolute atomic E-state index is 12.7. The smallest absolute Gasteiger partial charge is 0.262 e. The molecule has 0 saturated carbocycles. The van der Waals surface area contributed by atoms with Crippen LogP contribution in [-0.4, -0.2) is 33.2 Å². The summed E-state index contributed by atoms with van der Waals surface area (Å²) in [4.78, 5) is 32.4. The number of hydrogen-bond donors (Lipinski definition) is 0. The van der Waals surface area contributed by atoms with Crippen molar-refractivity contribution >= 4 is 51.5 Å². The van der Waals surface area contributed by atoms with Gasteiger partial charge in [-0.25, -0.2) is 4.98 Å². The minimum Gasteiger partial charge on any atom is -0.340 e. The third-order valence-corrected chi connectivity index (χ3v) is 6.09. The molecule has 0 unspecified atom stereocenters. The van der Waals surface area contributed by atoms with Gasteiger partial charge < -0.3 is 4.90 Å². The number of carbonyl (C=O) groups is 1. The van der Waals surface area contributed by atoms with Crippen molar-refractivity contribution in [2.45, 2.75) is 18.2 Å². The largest absolute Gasteiger partial charge is 0.340 e. The highest BCUT2D eigenvalue weighted by Gasteiger charge is 2.15. The lowest BCUT2D eigenvalue weighted by molar-refractivity contribution is -0.127. The van der Waals surface area contributed by atoms with E-state index in [0.717, 1.165) is 4.88 Å². The number of aromatic nitrogens is 2. The predicted molar refractivity (Wildman–Crippen MR) is 113 cm³/mol. The highest BCUT2D eigenvalue weighted by molar-refractivity contribution is 7.99. The van der Waals surface area contributed by atoms with Crippen LogP contribution in [0.3, 0.4) is 0 Å². The first kappa shape index (κ1) is 19.7. The van der Waals surface area contributed by atoms with Crippen LogP contribution in [0, 0.1) is 0 Å². The summed E-state index contributed by atoms with van der Waals surface area (Å²) in [5.41, 5.74) is 0.497. The van der Waals surface area contributed by atoms with Crippen molar-refractivity contribution in [3.8, 4) is 0 Å². The Morgan fingerprint density at radius 3 is 2.85 bits per heavy atom. The zero-order valence-electron chi connectivity index (χ0n) is 14.7. The average Bonchev–Trinajstić information content (AvgIpc) is 3.07. The Hall–Kier alpha value is -2.09. The Bertz CT molecular complexity index is 1040. The molecule has 0 aliphatic carbocycles. The summed E-state index contributed by atoms with van der Waals surface area (Å²) in [6.07, 6.45) is 1.65. The molecular weight excluding hydrogens is 402 g/mol. The minimum absolute atomic E-state index is 0.0444. The summed E-state index contributed by atoms with van der Waals surface area (Å²) in [7, 11) is 1.75. The Morgan fingerprint density at radius 1 is 1.37 bits per heavy atom. The maximum Gasteiger partial charge on any atom is 0.262 e. The number of nitrogens with zero attached hydrogens (tertiary/aromatic N) is 3. The van der Waals surface area contributed by atoms with E-state index in [-0.39, 0.29) is 17.2 Å². The lowest BCUT2D eigenvalue weighted by atomic mass is 10.2. The first-order chi connectivity index (χ1) is 13.0. The number of halogens is 1. The second-order valence-corrected chi connectivity index (χ2v) is 8.60. The fraction of sp³-hybridized carbons (Fsp3) is 0.211. The fourth-order valence-electron chi connectivity index (χ4n) is 2.54. The number of allylic oxidation sites excluding steroid dienone is 1. The van der Waals surface area contributed by atoms with Crippen LogP contribution in [-0.2, 0) is 17.9 Å². The fourth-order valence-corrected chi connectivity index (χ4v) is 4.63. The van der Waals surface area contributed by atoms with E-state index in [2.05, 4.69) is 11.6 Å². The Labute approximate surface area is 170 Å². The van der Waals surface area contributed by atoms with Crippen LogP contribution in [0.1, 0.15) is 4.88 Å². The standard InChI is InChI=1S/C19H18ClN3O2S2/c1-3-10-23-18(25)14-6-4-5-7-15(14)21-19(23)26-12-17(24)22(2)11-13-8-9-16(20)27-13/h3-9H,1,10-12H2,2H3. The second kappa shape index (κ2) is 8.73. The van der Waals surface area contributed by atoms with Gasteiger partial charge in [-0.2, -0.15) is 0 Å². The highest BCUT2D eigenvalue weighted by atomic mass is 35.5. The molecule has 0 saturated heterocycles. The van der Waals surface area contributed by atoms with Gasteiger partial charge in [-0.15, -0.1) is 17.9 Å². The Morgan fingerprint density at radius 2 is 2.15 bits per heavy atom. The van der Waals surface area contributed by atoms with E-state index in [1.54, 1.807) is 34.7 Å². The van der Waals surface area contributed by atoms with Gasteiger partial charge in [0, 0.05) is 18.5 Å². The van der Waals surface area contributed by atoms with Crippen molar-refractivity contribution in [2.75, 3.05) is 12.8 Å². The molecule has 0 atom stereocenters. The molecule has 8 heteroatoms. The van der Waals surface area contributed by atoms with Crippen molar-refractivity contribution in [1.29, 1.82) is 0 Å². The number of benzene rings is 1. The summed E-state index contributed by atoms with van der Waals surface area (Å²) >= 11 is 8.65. The molecule has 3 rings (SSSR count). The second-order valence-electron chi connectivity index (χ2n) is 5.86. The number of hydrogen-bond acceptors (Lipinski definition) is 5. The van der Waals surface area contributed by atoms with E-state index in [9.17, 15) is 9.59 Å². The Kier molecular flexibility index (Phi) is 6.36. The molecule has 5 nitrogen and oxygen atoms in total. The van der Waals surface area contributed by atoms with Gasteiger partial charge in [-0.1, -0.05) is 41.6 Å². The van der Waals surface area contributed by atoms with Crippen molar-refractivity contribution in [3.63, 3.8) is 0 Å². The van der Waals surface area contributed by atoms with Crippen LogP contribution in [0.2, 0.25) is 4.34 Å². The number of fused-ring (bicyclic) bond motifs is 1. The van der Waals surface area contributed by atoms with E-state index >= 15 is 0 Å². The highest BCUT2D eigenvalue weighted by Crippen LogP contribution is 2.23. The van der Waals surface area contributed by atoms with Gasteiger partial charge in [0.05, 0.1) is 27.5 Å². The van der Waals surface area contributed by atoms with Crippen LogP contribution < -0.4 is 5.56 Å². The summed E-state index contributed by atoms with van der Waals surface area (Å²) in [5.74, 6) is 0.148. The third kappa shape index (κ3) is 4.61. The molecule has 0 bridgehead atoms. The van der Waals surface area contributed by atoms with Gasteiger partial charge in [-0.05, 0) is 24.3 Å². The van der Waals surface area contributed by atoms with Crippen molar-refractivity contribution in [3.05, 3.63) is 68.6 Å². The molecule has 0 fully saturated rings. The van der Waals surface area contributed by atoms with E-state index in [4.69, 9.17) is 11.6 Å². The molecular formula is C19H18ClN3O2S2. The topological polar surface area (TPSA) is 55.2 Å². The number of amides is 1. The van der Waals surface area contributed by atoms with Crippen LogP contribution in [0.5, 0.6) is 0 Å². The normalized spacial score (nSPS) is 10.9. The van der Waals surface area contributed by atoms with Crippen LogP contribution in [0.25, 0.3) is 10.9 Å². The van der Waals surface area contributed by atoms with E-state index in [0.29, 0.717) is 33.5 Å². The number of thioether (sulfide) groups is 1. The van der Waals surface area contributed by atoms with E-state index in [1.165, 1.54) is 23.1 Å². The summed E-state index contributed by atoms with van der Waals surface area (Å²) in [5, 5.41) is 1.07. The Balaban J connectivity index is 1.77. The molecule has 27 heavy (non-hydrogen) atoms. The van der Waals surface area contributed by atoms with Crippen LogP contribution in [0.4, 0.5) is 0 Å². The molecule has 0 spiro atoms. The molecule has 0 aliphatic rings. The molecule has 0 radical (unpaired) electrons. The summed E-state index contributed by atoms with van der Waals surface area (Å²) in [6.45, 7) is 4.55. The van der Waals surface area contributed by atoms with Gasteiger partial charge in [0.25, 0.3) is 5.56 Å². The van der Waals surface area contributed by atoms with E-state index < -0.39 is 0 Å². The first-order valence-corrected chi connectivity index (χ1v) is 10.4. The number of para-hydroxylation sites is 1. The van der Waals surface area contributed by atoms with Gasteiger partial charge in [0.2, 0.25) is 5.91 Å². The molecule has 0 N–H and O–H groups in total. The summed E-state index contributed by atoms with van der Waals surface area (Å²) in [6, 6.07) is 10.9. The van der Waals surface area contributed by atoms with Crippen molar-refractivity contribution in [2.24, 2.45) is 0 Å². The van der Waals surface area contributed by atoms with Gasteiger partial charge in [0.15, 0.2) is 5.16 Å². The first-order valence-electron chi connectivity index (χ1n) is 8.21. The lowest BCUT2D eigenvalue weighted by Gasteiger charge is -2.17. The number of carbonyl (C=O) groups excluding carboxylic acids is 1. The monoisotopic (exact) mass is 419 g/mol. The minimum atomic E-state index is -0.128. The number of rotatable bonds is 7. The quantitative estimate of drug-likeness (QED) is 0.329. The predicted octanol–water partition coefficient (Wildman–Crippen LogP) is 4.05. The van der Waals surface area contributed by atoms with Gasteiger partial charge >= 0.3 is 0 Å². The van der Waals surface area contributed by atoms with Crippen LogP contribution >= 0.6 is 34.7 Å². The van der Waals surface area contributed by atoms with Crippen molar-refractivity contribution < 1.29 is 4.79 Å².